The Kier molecular flexibility index (Phi) is 7.18. The molecule has 184 valence electrons. The number of hydrogen-bond donors (Lipinski definition) is 3. The SMILES string of the molecule is [C-]#[N+]C1(NNC(=O)c2cccs2)CCN(c2ccc(N3C[C@H](CNC(C)=O)OC3=O)cc2F)CC1. The molecule has 3 N–H and O–H groups in total. The number of benzene rings is 1. The van der Waals surface area contributed by atoms with E-state index in [0.717, 1.165) is 0 Å². The average Bonchev–Trinajstić information content (AvgIpc) is 3.52. The van der Waals surface area contributed by atoms with Gasteiger partial charge in [0.15, 0.2) is 0 Å². The maximum absolute atomic E-state index is 15.0. The molecule has 4 rings (SSSR count). The monoisotopic (exact) mass is 500 g/mol. The number of anilines is 2. The Hall–Kier alpha value is -3.69. The van der Waals surface area contributed by atoms with Gasteiger partial charge in [-0.15, -0.1) is 11.3 Å². The second kappa shape index (κ2) is 10.3. The van der Waals surface area contributed by atoms with E-state index in [1.54, 1.807) is 29.6 Å². The highest BCUT2D eigenvalue weighted by Gasteiger charge is 2.41. The van der Waals surface area contributed by atoms with Gasteiger partial charge in [0, 0.05) is 20.0 Å². The maximum Gasteiger partial charge on any atom is 0.414 e. The molecule has 1 atom stereocenters. The third kappa shape index (κ3) is 5.52. The summed E-state index contributed by atoms with van der Waals surface area (Å²) in [6.07, 6.45) is -0.342. The Morgan fingerprint density at radius 1 is 1.31 bits per heavy atom. The number of nitrogens with one attached hydrogen (secondary N) is 3. The van der Waals surface area contributed by atoms with E-state index in [1.165, 1.54) is 29.2 Å². The quantitative estimate of drug-likeness (QED) is 0.398. The number of ether oxygens (including phenoxy) is 1. The van der Waals surface area contributed by atoms with Gasteiger partial charge in [-0.05, 0) is 29.6 Å². The Morgan fingerprint density at radius 2 is 2.09 bits per heavy atom. The molecule has 3 heterocycles. The van der Waals surface area contributed by atoms with E-state index in [0.29, 0.717) is 42.2 Å². The van der Waals surface area contributed by atoms with Gasteiger partial charge in [-0.3, -0.25) is 24.8 Å². The number of rotatable bonds is 7. The third-order valence-electron chi connectivity index (χ3n) is 5.99. The summed E-state index contributed by atoms with van der Waals surface area (Å²) in [5, 5.41) is 4.40. The summed E-state index contributed by atoms with van der Waals surface area (Å²) < 4.78 is 20.3. The van der Waals surface area contributed by atoms with Crippen molar-refractivity contribution < 1.29 is 23.5 Å². The van der Waals surface area contributed by atoms with Gasteiger partial charge in [-0.1, -0.05) is 6.07 Å². The van der Waals surface area contributed by atoms with E-state index in [9.17, 15) is 14.4 Å². The molecule has 1 aromatic heterocycles. The zero-order chi connectivity index (χ0) is 25.0. The largest absolute Gasteiger partial charge is 0.442 e. The van der Waals surface area contributed by atoms with Crippen LogP contribution in [0.1, 0.15) is 29.4 Å². The van der Waals surface area contributed by atoms with Crippen molar-refractivity contribution in [2.75, 3.05) is 36.0 Å². The standard InChI is InChI=1S/C23H25FN6O4S/c1-15(31)26-13-17-14-30(22(33)34-17)16-5-6-19(18(24)12-16)29-9-7-23(25-2,8-10-29)28-27-21(32)20-4-3-11-35-20/h3-6,11-12,17,28H,7-10,13-14H2,1H3,(H,26,31)(H,27,32)/t17-/m0/s1. The lowest BCUT2D eigenvalue weighted by atomic mass is 9.97. The molecule has 0 bridgehead atoms. The molecular weight excluding hydrogens is 475 g/mol. The van der Waals surface area contributed by atoms with Gasteiger partial charge in [0.05, 0.1) is 42.2 Å². The second-order valence-corrected chi connectivity index (χ2v) is 9.32. The smallest absolute Gasteiger partial charge is 0.414 e. The molecule has 2 aliphatic heterocycles. The van der Waals surface area contributed by atoms with Crippen LogP contribution >= 0.6 is 11.3 Å². The number of piperidine rings is 1. The summed E-state index contributed by atoms with van der Waals surface area (Å²) >= 11 is 1.31. The van der Waals surface area contributed by atoms with Gasteiger partial charge in [0.2, 0.25) is 5.91 Å². The van der Waals surface area contributed by atoms with E-state index < -0.39 is 23.7 Å². The Bertz CT molecular complexity index is 1140. The molecule has 1 aromatic carbocycles. The molecule has 3 amide bonds. The summed E-state index contributed by atoms with van der Waals surface area (Å²) in [5.74, 6) is -1.01. The fraction of sp³-hybridized carbons (Fsp3) is 0.391. The van der Waals surface area contributed by atoms with E-state index in [4.69, 9.17) is 11.3 Å². The van der Waals surface area contributed by atoms with Gasteiger partial charge in [-0.25, -0.2) is 15.8 Å². The lowest BCUT2D eigenvalue weighted by molar-refractivity contribution is -0.119. The van der Waals surface area contributed by atoms with Crippen molar-refractivity contribution in [2.45, 2.75) is 31.5 Å². The summed E-state index contributed by atoms with van der Waals surface area (Å²) in [5.41, 5.74) is 5.27. The average molecular weight is 501 g/mol. The third-order valence-corrected chi connectivity index (χ3v) is 6.86. The molecule has 0 spiro atoms. The summed E-state index contributed by atoms with van der Waals surface area (Å²) in [7, 11) is 0. The van der Waals surface area contributed by atoms with E-state index in [2.05, 4.69) is 21.0 Å². The van der Waals surface area contributed by atoms with Gasteiger partial charge < -0.3 is 15.0 Å². The molecule has 2 aliphatic rings. The first-order valence-corrected chi connectivity index (χ1v) is 11.9. The molecule has 2 fully saturated rings. The second-order valence-electron chi connectivity index (χ2n) is 8.38. The van der Waals surface area contributed by atoms with Crippen molar-refractivity contribution in [2.24, 2.45) is 0 Å². The molecule has 2 aromatic rings. The van der Waals surface area contributed by atoms with E-state index >= 15 is 4.39 Å². The van der Waals surface area contributed by atoms with Crippen LogP contribution in [0.15, 0.2) is 35.7 Å². The predicted molar refractivity (Wildman–Crippen MR) is 128 cm³/mol. The first-order chi connectivity index (χ1) is 16.8. The highest BCUT2D eigenvalue weighted by Crippen LogP contribution is 2.32. The van der Waals surface area contributed by atoms with E-state index in [1.807, 2.05) is 4.90 Å². The molecule has 0 radical (unpaired) electrons. The van der Waals surface area contributed by atoms with Crippen molar-refractivity contribution >= 4 is 40.6 Å². The Balaban J connectivity index is 1.36. The Labute approximate surface area is 205 Å². The highest BCUT2D eigenvalue weighted by molar-refractivity contribution is 7.12. The van der Waals surface area contributed by atoms with Crippen molar-refractivity contribution in [3.63, 3.8) is 0 Å². The van der Waals surface area contributed by atoms with Crippen LogP contribution in [0.3, 0.4) is 0 Å². The van der Waals surface area contributed by atoms with Crippen LogP contribution in [-0.2, 0) is 9.53 Å². The molecule has 0 saturated carbocycles. The molecule has 10 nitrogen and oxygen atoms in total. The minimum absolute atomic E-state index is 0.191. The van der Waals surface area contributed by atoms with Crippen LogP contribution in [-0.4, -0.2) is 55.9 Å². The van der Waals surface area contributed by atoms with Crippen molar-refractivity contribution in [3.05, 3.63) is 57.8 Å². The van der Waals surface area contributed by atoms with Crippen LogP contribution in [0, 0.1) is 12.4 Å². The predicted octanol–water partition coefficient (Wildman–Crippen LogP) is 2.50. The Morgan fingerprint density at radius 3 is 2.71 bits per heavy atom. The van der Waals surface area contributed by atoms with Crippen LogP contribution < -0.4 is 26.0 Å². The first-order valence-electron chi connectivity index (χ1n) is 11.1. The molecule has 2 saturated heterocycles. The maximum atomic E-state index is 15.0. The first kappa shape index (κ1) is 24.4. The molecule has 0 aliphatic carbocycles. The fourth-order valence-electron chi connectivity index (χ4n) is 4.04. The fourth-order valence-corrected chi connectivity index (χ4v) is 4.66. The van der Waals surface area contributed by atoms with Crippen molar-refractivity contribution in [1.82, 2.24) is 16.2 Å². The minimum atomic E-state index is -0.970. The van der Waals surface area contributed by atoms with Crippen LogP contribution in [0.5, 0.6) is 0 Å². The molecular formula is C23H25FN6O4S. The normalized spacial score (nSPS) is 19.1. The number of cyclic esters (lactones) is 1. The van der Waals surface area contributed by atoms with Gasteiger partial charge in [0.1, 0.15) is 11.9 Å². The van der Waals surface area contributed by atoms with Crippen LogP contribution in [0.25, 0.3) is 4.85 Å². The number of carbonyl (C=O) groups excluding carboxylic acids is 3. The topological polar surface area (TPSA) is 107 Å². The molecule has 0 unspecified atom stereocenters. The van der Waals surface area contributed by atoms with E-state index in [-0.39, 0.29) is 24.9 Å². The van der Waals surface area contributed by atoms with Gasteiger partial charge >= 0.3 is 11.8 Å². The number of amides is 3. The van der Waals surface area contributed by atoms with Crippen LogP contribution in [0.2, 0.25) is 0 Å². The number of thiophene rings is 1. The van der Waals surface area contributed by atoms with Crippen molar-refractivity contribution in [1.29, 1.82) is 0 Å². The molecule has 35 heavy (non-hydrogen) atoms. The lowest BCUT2D eigenvalue weighted by Gasteiger charge is -2.35. The highest BCUT2D eigenvalue weighted by atomic mass is 32.1. The summed E-state index contributed by atoms with van der Waals surface area (Å²) in [4.78, 5) is 42.9. The number of hydrogen-bond acceptors (Lipinski definition) is 7. The minimum Gasteiger partial charge on any atom is -0.442 e. The van der Waals surface area contributed by atoms with Gasteiger partial charge in [0.25, 0.3) is 5.91 Å². The molecule has 12 heteroatoms. The number of carbonyl (C=O) groups is 3. The number of nitrogens with zero attached hydrogens (tertiary/aromatic N) is 3. The zero-order valence-corrected chi connectivity index (χ0v) is 19.9. The van der Waals surface area contributed by atoms with Gasteiger partial charge in [-0.2, -0.15) is 5.43 Å². The number of halogens is 1. The van der Waals surface area contributed by atoms with Crippen molar-refractivity contribution in [3.8, 4) is 0 Å². The number of hydrazine groups is 1. The zero-order valence-electron chi connectivity index (χ0n) is 19.0. The summed E-state index contributed by atoms with van der Waals surface area (Å²) in [6.45, 7) is 10.2. The lowest BCUT2D eigenvalue weighted by Crippen LogP contribution is -2.57. The van der Waals surface area contributed by atoms with Crippen LogP contribution in [0.4, 0.5) is 20.6 Å². The summed E-state index contributed by atoms with van der Waals surface area (Å²) in [6, 6.07) is 8.02.